The second-order valence-electron chi connectivity index (χ2n) is 8.89. The van der Waals surface area contributed by atoms with E-state index in [0.29, 0.717) is 30.8 Å². The summed E-state index contributed by atoms with van der Waals surface area (Å²) in [6.07, 6.45) is 1.51. The van der Waals surface area contributed by atoms with Gasteiger partial charge in [-0.1, -0.05) is 0 Å². The summed E-state index contributed by atoms with van der Waals surface area (Å²) in [7, 11) is -2.48. The van der Waals surface area contributed by atoms with E-state index in [9.17, 15) is 22.4 Å². The highest BCUT2D eigenvalue weighted by Crippen LogP contribution is 2.35. The molecular formula is C22H25FN4O6S. The van der Waals surface area contributed by atoms with Crippen molar-refractivity contribution in [2.45, 2.75) is 30.4 Å². The normalized spacial score (nSPS) is 25.3. The number of nitrogens with one attached hydrogen (secondary N) is 2. The Bertz CT molecular complexity index is 1270. The molecular weight excluding hydrogens is 467 g/mol. The van der Waals surface area contributed by atoms with Gasteiger partial charge in [0.1, 0.15) is 16.8 Å². The Morgan fingerprint density at radius 3 is 2.71 bits per heavy atom. The summed E-state index contributed by atoms with van der Waals surface area (Å²) >= 11 is 0. The zero-order valence-electron chi connectivity index (χ0n) is 18.7. The Morgan fingerprint density at radius 2 is 2.03 bits per heavy atom. The predicted molar refractivity (Wildman–Crippen MR) is 119 cm³/mol. The van der Waals surface area contributed by atoms with Crippen LogP contribution in [-0.4, -0.2) is 68.1 Å². The van der Waals surface area contributed by atoms with Crippen molar-refractivity contribution in [3.63, 3.8) is 0 Å². The molecule has 3 atom stereocenters. The van der Waals surface area contributed by atoms with Crippen LogP contribution in [0.25, 0.3) is 0 Å². The molecule has 2 aromatic rings. The van der Waals surface area contributed by atoms with Crippen molar-refractivity contribution in [2.75, 3.05) is 31.6 Å². The molecule has 2 amide bonds. The number of amides is 2. The monoisotopic (exact) mass is 492 g/mol. The Kier molecular flexibility index (Phi) is 5.61. The number of benzene rings is 1. The standard InChI is InChI=1S/C22H25FN4O6S/c1-12-7-14(3-4-15(12)23)24-21(28)19-20-18(10-26(19)2)34(30,31)25-16-9-27(8-13(16)11-33-20)22(29)17-5-6-32-17/h3-4,7,10,13,16-17,25H,5-6,8-9,11H2,1-2H3,(H,24,28)/t13-,16-,17?/m0/s1. The Hall–Kier alpha value is -2.96. The summed E-state index contributed by atoms with van der Waals surface area (Å²) in [6.45, 7) is 2.80. The molecule has 1 aromatic carbocycles. The minimum absolute atomic E-state index is 0.0228. The molecule has 0 saturated carbocycles. The summed E-state index contributed by atoms with van der Waals surface area (Å²) in [5.41, 5.74) is 0.755. The maximum Gasteiger partial charge on any atom is 0.276 e. The topological polar surface area (TPSA) is 119 Å². The van der Waals surface area contributed by atoms with Crippen LogP contribution in [0, 0.1) is 18.7 Å². The number of likely N-dealkylation sites (tertiary alicyclic amines) is 1. The molecule has 10 nitrogen and oxygen atoms in total. The number of aromatic nitrogens is 1. The van der Waals surface area contributed by atoms with E-state index in [1.807, 2.05) is 0 Å². The number of carbonyl (C=O) groups is 2. The zero-order valence-corrected chi connectivity index (χ0v) is 19.5. The highest BCUT2D eigenvalue weighted by atomic mass is 32.2. The first-order valence-electron chi connectivity index (χ1n) is 11.0. The maximum absolute atomic E-state index is 13.6. The largest absolute Gasteiger partial charge is 0.489 e. The van der Waals surface area contributed by atoms with Crippen molar-refractivity contribution in [1.82, 2.24) is 14.2 Å². The van der Waals surface area contributed by atoms with E-state index in [0.717, 1.165) is 0 Å². The van der Waals surface area contributed by atoms with Gasteiger partial charge < -0.3 is 24.3 Å². The van der Waals surface area contributed by atoms with Crippen LogP contribution < -0.4 is 14.8 Å². The SMILES string of the molecule is Cc1cc(NC(=O)c2c3c(cn2C)S(=O)(=O)N[C@H]2CN(C(=O)C4CCO4)C[C@H]2CO3)ccc1F. The third-order valence-electron chi connectivity index (χ3n) is 6.50. The quantitative estimate of drug-likeness (QED) is 0.660. The second kappa shape index (κ2) is 8.36. The summed E-state index contributed by atoms with van der Waals surface area (Å²) in [4.78, 5) is 27.1. The molecule has 34 heavy (non-hydrogen) atoms. The summed E-state index contributed by atoms with van der Waals surface area (Å²) in [5.74, 6) is -1.48. The molecule has 5 rings (SSSR count). The van der Waals surface area contributed by atoms with Crippen molar-refractivity contribution in [3.05, 3.63) is 41.5 Å². The van der Waals surface area contributed by atoms with E-state index in [1.54, 1.807) is 18.9 Å². The number of hydrogen-bond donors (Lipinski definition) is 2. The van der Waals surface area contributed by atoms with Gasteiger partial charge in [-0.25, -0.2) is 17.5 Å². The number of anilines is 1. The summed E-state index contributed by atoms with van der Waals surface area (Å²) in [5, 5.41) is 2.67. The average Bonchev–Trinajstić information content (AvgIpc) is 3.27. The van der Waals surface area contributed by atoms with E-state index in [2.05, 4.69) is 10.0 Å². The fraction of sp³-hybridized carbons (Fsp3) is 0.455. The van der Waals surface area contributed by atoms with Crippen LogP contribution >= 0.6 is 0 Å². The molecule has 2 N–H and O–H groups in total. The molecule has 3 aliphatic heterocycles. The number of hydrogen-bond acceptors (Lipinski definition) is 6. The Morgan fingerprint density at radius 1 is 1.26 bits per heavy atom. The lowest BCUT2D eigenvalue weighted by Crippen LogP contribution is -2.46. The van der Waals surface area contributed by atoms with Gasteiger partial charge in [-0.05, 0) is 30.7 Å². The van der Waals surface area contributed by atoms with Crippen LogP contribution in [0.15, 0.2) is 29.3 Å². The molecule has 0 bridgehead atoms. The van der Waals surface area contributed by atoms with Crippen LogP contribution in [0.5, 0.6) is 5.75 Å². The van der Waals surface area contributed by atoms with Crippen molar-refractivity contribution >= 4 is 27.5 Å². The van der Waals surface area contributed by atoms with Crippen molar-refractivity contribution in [1.29, 1.82) is 0 Å². The second-order valence-corrected chi connectivity index (χ2v) is 10.6. The number of aryl methyl sites for hydroxylation is 2. The summed E-state index contributed by atoms with van der Waals surface area (Å²) in [6, 6.07) is 3.64. The molecule has 12 heteroatoms. The van der Waals surface area contributed by atoms with Crippen molar-refractivity contribution in [3.8, 4) is 5.75 Å². The van der Waals surface area contributed by atoms with Crippen LogP contribution in [0.2, 0.25) is 0 Å². The fourth-order valence-corrected chi connectivity index (χ4v) is 6.01. The van der Waals surface area contributed by atoms with E-state index >= 15 is 0 Å². The van der Waals surface area contributed by atoms with E-state index in [1.165, 1.54) is 29.0 Å². The van der Waals surface area contributed by atoms with E-state index in [4.69, 9.17) is 9.47 Å². The van der Waals surface area contributed by atoms with Crippen LogP contribution in [0.4, 0.5) is 10.1 Å². The number of carbonyl (C=O) groups excluding carboxylic acids is 2. The smallest absolute Gasteiger partial charge is 0.276 e. The highest BCUT2D eigenvalue weighted by Gasteiger charge is 2.44. The minimum Gasteiger partial charge on any atom is -0.489 e. The maximum atomic E-state index is 13.6. The molecule has 1 unspecified atom stereocenters. The van der Waals surface area contributed by atoms with Crippen LogP contribution in [0.1, 0.15) is 22.5 Å². The number of sulfonamides is 1. The molecule has 2 fully saturated rings. The first-order valence-corrected chi connectivity index (χ1v) is 12.4. The predicted octanol–water partition coefficient (Wildman–Crippen LogP) is 1.01. The van der Waals surface area contributed by atoms with Gasteiger partial charge in [0.2, 0.25) is 10.0 Å². The van der Waals surface area contributed by atoms with E-state index < -0.39 is 33.9 Å². The molecule has 1 aromatic heterocycles. The van der Waals surface area contributed by atoms with E-state index in [-0.39, 0.29) is 41.3 Å². The molecule has 182 valence electrons. The average molecular weight is 493 g/mol. The lowest BCUT2D eigenvalue weighted by atomic mass is 10.1. The molecule has 3 aliphatic rings. The minimum atomic E-state index is -4.03. The van der Waals surface area contributed by atoms with Crippen LogP contribution in [0.3, 0.4) is 0 Å². The first-order chi connectivity index (χ1) is 16.1. The lowest BCUT2D eigenvalue weighted by molar-refractivity contribution is -0.155. The number of fused-ring (bicyclic) bond motifs is 2. The zero-order chi connectivity index (χ0) is 24.2. The van der Waals surface area contributed by atoms with Gasteiger partial charge in [-0.2, -0.15) is 0 Å². The molecule has 0 aliphatic carbocycles. The van der Waals surface area contributed by atoms with Crippen molar-refractivity contribution in [2.24, 2.45) is 13.0 Å². The van der Waals surface area contributed by atoms with Crippen molar-refractivity contribution < 1.29 is 31.9 Å². The van der Waals surface area contributed by atoms with Gasteiger partial charge in [0.25, 0.3) is 11.8 Å². The molecule has 4 heterocycles. The van der Waals surface area contributed by atoms with Gasteiger partial charge in [-0.15, -0.1) is 0 Å². The number of rotatable bonds is 3. The van der Waals surface area contributed by atoms with Gasteiger partial charge in [-0.3, -0.25) is 9.59 Å². The van der Waals surface area contributed by atoms with Gasteiger partial charge >= 0.3 is 0 Å². The van der Waals surface area contributed by atoms with Crippen LogP contribution in [-0.2, 0) is 26.6 Å². The first kappa shape index (κ1) is 22.8. The molecule has 0 radical (unpaired) electrons. The number of nitrogens with zero attached hydrogens (tertiary/aromatic N) is 2. The fourth-order valence-electron chi connectivity index (χ4n) is 4.52. The highest BCUT2D eigenvalue weighted by molar-refractivity contribution is 7.89. The molecule has 2 saturated heterocycles. The Balaban J connectivity index is 1.41. The number of halogens is 1. The number of ether oxygens (including phenoxy) is 2. The summed E-state index contributed by atoms with van der Waals surface area (Å²) < 4.78 is 55.2. The molecule has 0 spiro atoms. The van der Waals surface area contributed by atoms with Gasteiger partial charge in [0.05, 0.1) is 13.2 Å². The third-order valence-corrected chi connectivity index (χ3v) is 7.98. The van der Waals surface area contributed by atoms with Gasteiger partial charge in [0, 0.05) is 50.4 Å². The van der Waals surface area contributed by atoms with Gasteiger partial charge in [0.15, 0.2) is 11.4 Å². The third kappa shape index (κ3) is 3.95. The Labute approximate surface area is 196 Å². The lowest BCUT2D eigenvalue weighted by Gasteiger charge is -2.29.